The molecule has 2 aliphatic rings. The Morgan fingerprint density at radius 3 is 2.79 bits per heavy atom. The van der Waals surface area contributed by atoms with E-state index in [9.17, 15) is 4.79 Å². The third-order valence-corrected chi connectivity index (χ3v) is 5.20. The van der Waals surface area contributed by atoms with Crippen LogP contribution in [0.2, 0.25) is 0 Å². The van der Waals surface area contributed by atoms with Crippen molar-refractivity contribution in [2.24, 2.45) is 17.1 Å². The van der Waals surface area contributed by atoms with E-state index < -0.39 is 5.54 Å². The summed E-state index contributed by atoms with van der Waals surface area (Å²) in [6, 6.07) is 0.0232. The molecule has 1 saturated carbocycles. The number of fused-ring (bicyclic) bond motifs is 1. The SMILES string of the molecule is COCC(C)N(C)C(=O)C1(N)C2CCOC2C1(C)C. The fourth-order valence-electron chi connectivity index (χ4n) is 3.66. The standard InChI is InChI=1S/C14H26N2O3/c1-9(8-18-5)16(4)12(17)14(15)10-6-7-19-11(10)13(14,2)3/h9-11H,6-8,15H2,1-5H3. The average molecular weight is 270 g/mol. The van der Waals surface area contributed by atoms with Gasteiger partial charge in [-0.2, -0.15) is 0 Å². The summed E-state index contributed by atoms with van der Waals surface area (Å²) in [4.78, 5) is 14.5. The number of amides is 1. The molecule has 2 N–H and O–H groups in total. The fourth-order valence-corrected chi connectivity index (χ4v) is 3.66. The first kappa shape index (κ1) is 14.8. The third-order valence-electron chi connectivity index (χ3n) is 5.20. The van der Waals surface area contributed by atoms with Crippen LogP contribution in [0.1, 0.15) is 27.2 Å². The number of methoxy groups -OCH3 is 1. The maximum absolute atomic E-state index is 12.8. The molecule has 1 saturated heterocycles. The number of ether oxygens (including phenoxy) is 2. The Kier molecular flexibility index (Phi) is 3.66. The molecule has 110 valence electrons. The molecule has 1 heterocycles. The number of carbonyl (C=O) groups excluding carboxylic acids is 1. The summed E-state index contributed by atoms with van der Waals surface area (Å²) in [5.74, 6) is 0.154. The van der Waals surface area contributed by atoms with Crippen LogP contribution in [0.4, 0.5) is 0 Å². The molecule has 0 aromatic heterocycles. The molecular formula is C14H26N2O3. The quantitative estimate of drug-likeness (QED) is 0.813. The summed E-state index contributed by atoms with van der Waals surface area (Å²) in [5.41, 5.74) is 5.40. The van der Waals surface area contributed by atoms with Gasteiger partial charge >= 0.3 is 0 Å². The molecule has 5 nitrogen and oxygen atoms in total. The molecule has 0 bridgehead atoms. The summed E-state index contributed by atoms with van der Waals surface area (Å²) in [5, 5.41) is 0. The van der Waals surface area contributed by atoms with Crippen LogP contribution >= 0.6 is 0 Å². The smallest absolute Gasteiger partial charge is 0.243 e. The second-order valence-electron chi connectivity index (χ2n) is 6.50. The number of hydrogen-bond acceptors (Lipinski definition) is 4. The van der Waals surface area contributed by atoms with E-state index in [1.807, 2.05) is 20.8 Å². The molecule has 4 atom stereocenters. The van der Waals surface area contributed by atoms with Crippen molar-refractivity contribution in [2.75, 3.05) is 27.4 Å². The van der Waals surface area contributed by atoms with E-state index in [0.29, 0.717) is 13.2 Å². The zero-order chi connectivity index (χ0) is 14.4. The summed E-state index contributed by atoms with van der Waals surface area (Å²) >= 11 is 0. The van der Waals surface area contributed by atoms with Gasteiger partial charge in [-0.1, -0.05) is 13.8 Å². The maximum atomic E-state index is 12.8. The monoisotopic (exact) mass is 270 g/mol. The van der Waals surface area contributed by atoms with Crippen molar-refractivity contribution in [3.05, 3.63) is 0 Å². The van der Waals surface area contributed by atoms with Crippen LogP contribution < -0.4 is 5.73 Å². The van der Waals surface area contributed by atoms with Crippen molar-refractivity contribution in [1.29, 1.82) is 0 Å². The molecule has 2 fully saturated rings. The highest BCUT2D eigenvalue weighted by Crippen LogP contribution is 2.58. The average Bonchev–Trinajstić information content (AvgIpc) is 2.84. The minimum absolute atomic E-state index is 0.00815. The van der Waals surface area contributed by atoms with Crippen LogP contribution in [-0.2, 0) is 14.3 Å². The summed E-state index contributed by atoms with van der Waals surface area (Å²) in [7, 11) is 3.45. The van der Waals surface area contributed by atoms with E-state index in [1.54, 1.807) is 19.1 Å². The van der Waals surface area contributed by atoms with Gasteiger partial charge in [0.25, 0.3) is 0 Å². The first-order chi connectivity index (χ1) is 8.78. The highest BCUT2D eigenvalue weighted by Gasteiger charge is 2.71. The van der Waals surface area contributed by atoms with Crippen molar-refractivity contribution in [3.8, 4) is 0 Å². The van der Waals surface area contributed by atoms with Gasteiger partial charge in [0, 0.05) is 32.1 Å². The van der Waals surface area contributed by atoms with Crippen LogP contribution in [0.25, 0.3) is 0 Å². The molecule has 0 aromatic carbocycles. The lowest BCUT2D eigenvalue weighted by molar-refractivity contribution is -0.185. The molecule has 0 spiro atoms. The Balaban J connectivity index is 2.18. The lowest BCUT2D eigenvalue weighted by Gasteiger charge is -2.61. The maximum Gasteiger partial charge on any atom is 0.243 e. The second-order valence-corrected chi connectivity index (χ2v) is 6.50. The van der Waals surface area contributed by atoms with Gasteiger partial charge in [-0.05, 0) is 13.3 Å². The second kappa shape index (κ2) is 4.72. The zero-order valence-corrected chi connectivity index (χ0v) is 12.6. The molecule has 19 heavy (non-hydrogen) atoms. The number of nitrogens with zero attached hydrogens (tertiary/aromatic N) is 1. The van der Waals surface area contributed by atoms with E-state index in [2.05, 4.69) is 0 Å². The number of hydrogen-bond donors (Lipinski definition) is 1. The summed E-state index contributed by atoms with van der Waals surface area (Å²) in [6.45, 7) is 7.27. The van der Waals surface area contributed by atoms with E-state index >= 15 is 0 Å². The zero-order valence-electron chi connectivity index (χ0n) is 12.6. The van der Waals surface area contributed by atoms with E-state index in [0.717, 1.165) is 6.42 Å². The van der Waals surface area contributed by atoms with Gasteiger partial charge < -0.3 is 20.1 Å². The highest BCUT2D eigenvalue weighted by molar-refractivity contribution is 5.89. The van der Waals surface area contributed by atoms with Crippen LogP contribution in [0.5, 0.6) is 0 Å². The van der Waals surface area contributed by atoms with Crippen molar-refractivity contribution in [3.63, 3.8) is 0 Å². The predicted molar refractivity (Wildman–Crippen MR) is 72.7 cm³/mol. The van der Waals surface area contributed by atoms with Gasteiger partial charge in [-0.25, -0.2) is 0 Å². The summed E-state index contributed by atoms with van der Waals surface area (Å²) in [6.07, 6.45) is 0.996. The minimum Gasteiger partial charge on any atom is -0.383 e. The lowest BCUT2D eigenvalue weighted by Crippen LogP contribution is -2.80. The third kappa shape index (κ3) is 1.82. The molecule has 1 amide bonds. The fraction of sp³-hybridized carbons (Fsp3) is 0.929. The number of nitrogens with two attached hydrogens (primary N) is 1. The number of rotatable bonds is 4. The number of likely N-dealkylation sites (N-methyl/N-ethyl adjacent to an activating group) is 1. The van der Waals surface area contributed by atoms with Crippen molar-refractivity contribution >= 4 is 5.91 Å². The van der Waals surface area contributed by atoms with Gasteiger partial charge in [0.1, 0.15) is 5.54 Å². The molecule has 1 aliphatic carbocycles. The Bertz CT molecular complexity index is 372. The van der Waals surface area contributed by atoms with Gasteiger partial charge in [0.2, 0.25) is 5.91 Å². The van der Waals surface area contributed by atoms with Crippen LogP contribution in [-0.4, -0.2) is 55.9 Å². The molecule has 4 unspecified atom stereocenters. The summed E-state index contributed by atoms with van der Waals surface area (Å²) < 4.78 is 10.8. The van der Waals surface area contributed by atoms with Crippen molar-refractivity contribution in [2.45, 2.75) is 44.9 Å². The Hall–Kier alpha value is -0.650. The van der Waals surface area contributed by atoms with Crippen molar-refractivity contribution < 1.29 is 14.3 Å². The van der Waals surface area contributed by atoms with E-state index in [4.69, 9.17) is 15.2 Å². The molecule has 2 rings (SSSR count). The van der Waals surface area contributed by atoms with Gasteiger partial charge in [0.05, 0.1) is 18.8 Å². The van der Waals surface area contributed by atoms with E-state index in [1.165, 1.54) is 0 Å². The normalized spacial score (nSPS) is 37.4. The van der Waals surface area contributed by atoms with Gasteiger partial charge in [-0.15, -0.1) is 0 Å². The van der Waals surface area contributed by atoms with Crippen molar-refractivity contribution in [1.82, 2.24) is 4.90 Å². The Morgan fingerprint density at radius 2 is 2.21 bits per heavy atom. The molecule has 1 aliphatic heterocycles. The predicted octanol–water partition coefficient (Wildman–Crippen LogP) is 0.622. The topological polar surface area (TPSA) is 64.8 Å². The minimum atomic E-state index is -0.815. The van der Waals surface area contributed by atoms with Crippen LogP contribution in [0.3, 0.4) is 0 Å². The van der Waals surface area contributed by atoms with E-state index in [-0.39, 0.29) is 29.4 Å². The molecular weight excluding hydrogens is 244 g/mol. The van der Waals surface area contributed by atoms with Gasteiger partial charge in [0.15, 0.2) is 0 Å². The molecule has 0 aromatic rings. The Morgan fingerprint density at radius 1 is 1.58 bits per heavy atom. The Labute approximate surface area is 115 Å². The number of carbonyl (C=O) groups is 1. The first-order valence-corrected chi connectivity index (χ1v) is 6.95. The molecule has 0 radical (unpaired) electrons. The van der Waals surface area contributed by atoms with Gasteiger partial charge in [-0.3, -0.25) is 4.79 Å². The first-order valence-electron chi connectivity index (χ1n) is 6.95. The highest BCUT2D eigenvalue weighted by atomic mass is 16.5. The lowest BCUT2D eigenvalue weighted by atomic mass is 9.47. The largest absolute Gasteiger partial charge is 0.383 e. The van der Waals surface area contributed by atoms with Crippen LogP contribution in [0.15, 0.2) is 0 Å². The van der Waals surface area contributed by atoms with Crippen LogP contribution in [0, 0.1) is 11.3 Å². The molecule has 5 heteroatoms.